The summed E-state index contributed by atoms with van der Waals surface area (Å²) in [5.74, 6) is 0.714. The minimum atomic E-state index is 0.664. The van der Waals surface area contributed by atoms with Crippen molar-refractivity contribution in [3.05, 3.63) is 33.4 Å². The van der Waals surface area contributed by atoms with Crippen LogP contribution in [0.1, 0.15) is 17.0 Å². The Kier molecular flexibility index (Phi) is 3.78. The lowest BCUT2D eigenvalue weighted by Gasteiger charge is -2.02. The summed E-state index contributed by atoms with van der Waals surface area (Å²) in [6.07, 6.45) is 0. The van der Waals surface area contributed by atoms with Gasteiger partial charge in [0, 0.05) is 23.0 Å². The lowest BCUT2D eigenvalue weighted by Crippen LogP contribution is -1.88. The van der Waals surface area contributed by atoms with Crippen LogP contribution in [-0.4, -0.2) is 14.6 Å². The molecule has 0 fully saturated rings. The molecule has 0 radical (unpaired) electrons. The Morgan fingerprint density at radius 1 is 1.38 bits per heavy atom. The van der Waals surface area contributed by atoms with Crippen molar-refractivity contribution in [1.29, 1.82) is 0 Å². The van der Waals surface area contributed by atoms with Crippen molar-refractivity contribution in [2.75, 3.05) is 0 Å². The molecule has 2 aromatic heterocycles. The van der Waals surface area contributed by atoms with Gasteiger partial charge in [0.2, 0.25) is 0 Å². The van der Waals surface area contributed by atoms with Gasteiger partial charge in [0.1, 0.15) is 10.0 Å². The normalized spacial score (nSPS) is 10.7. The SMILES string of the molecule is Cc1cc(C)nc(SCc2nnsc2Cl)c1. The second kappa shape index (κ2) is 5.12. The summed E-state index contributed by atoms with van der Waals surface area (Å²) in [6, 6.07) is 4.12. The number of halogens is 1. The van der Waals surface area contributed by atoms with E-state index in [1.807, 2.05) is 6.92 Å². The first-order valence-electron chi connectivity index (χ1n) is 4.70. The molecule has 0 aliphatic heterocycles. The van der Waals surface area contributed by atoms with Gasteiger partial charge in [-0.3, -0.25) is 0 Å². The Hall–Kier alpha value is -0.650. The molecule has 0 bridgehead atoms. The zero-order chi connectivity index (χ0) is 11.5. The van der Waals surface area contributed by atoms with Crippen molar-refractivity contribution in [3.63, 3.8) is 0 Å². The summed E-state index contributed by atoms with van der Waals surface area (Å²) >= 11 is 8.77. The summed E-state index contributed by atoms with van der Waals surface area (Å²) in [5.41, 5.74) is 3.08. The Balaban J connectivity index is 2.07. The van der Waals surface area contributed by atoms with Gasteiger partial charge in [-0.2, -0.15) is 0 Å². The van der Waals surface area contributed by atoms with Gasteiger partial charge in [-0.25, -0.2) is 4.98 Å². The fourth-order valence-electron chi connectivity index (χ4n) is 1.30. The number of hydrogen-bond acceptors (Lipinski definition) is 5. The highest BCUT2D eigenvalue weighted by atomic mass is 35.5. The predicted octanol–water partition coefficient (Wildman–Crippen LogP) is 3.50. The maximum Gasteiger partial charge on any atom is 0.138 e. The number of hydrogen-bond donors (Lipinski definition) is 0. The van der Waals surface area contributed by atoms with Crippen LogP contribution in [0.3, 0.4) is 0 Å². The smallest absolute Gasteiger partial charge is 0.138 e. The van der Waals surface area contributed by atoms with Gasteiger partial charge in [0.15, 0.2) is 0 Å². The third-order valence-electron chi connectivity index (χ3n) is 1.94. The molecular weight excluding hydrogens is 262 g/mol. The molecule has 0 N–H and O–H groups in total. The van der Waals surface area contributed by atoms with Crippen LogP contribution in [0.2, 0.25) is 4.34 Å². The van der Waals surface area contributed by atoms with Gasteiger partial charge < -0.3 is 0 Å². The summed E-state index contributed by atoms with van der Waals surface area (Å²) in [4.78, 5) is 4.44. The first-order chi connectivity index (χ1) is 7.65. The van der Waals surface area contributed by atoms with E-state index < -0.39 is 0 Å². The third-order valence-corrected chi connectivity index (χ3v) is 3.85. The van der Waals surface area contributed by atoms with Crippen LogP contribution < -0.4 is 0 Å². The molecule has 0 saturated heterocycles. The van der Waals surface area contributed by atoms with E-state index in [0.717, 1.165) is 16.4 Å². The highest BCUT2D eigenvalue weighted by molar-refractivity contribution is 7.98. The Labute approximate surface area is 107 Å². The van der Waals surface area contributed by atoms with Gasteiger partial charge in [-0.05, 0) is 31.5 Å². The predicted molar refractivity (Wildman–Crippen MR) is 68.2 cm³/mol. The molecule has 0 amide bonds. The second-order valence-electron chi connectivity index (χ2n) is 3.41. The lowest BCUT2D eigenvalue weighted by atomic mass is 10.3. The van der Waals surface area contributed by atoms with E-state index in [9.17, 15) is 0 Å². The van der Waals surface area contributed by atoms with E-state index in [1.165, 1.54) is 17.1 Å². The molecule has 0 aliphatic rings. The summed E-state index contributed by atoms with van der Waals surface area (Å²) < 4.78 is 4.46. The van der Waals surface area contributed by atoms with Gasteiger partial charge >= 0.3 is 0 Å². The largest absolute Gasteiger partial charge is 0.247 e. The molecule has 0 spiro atoms. The molecule has 16 heavy (non-hydrogen) atoms. The van der Waals surface area contributed by atoms with E-state index in [-0.39, 0.29) is 0 Å². The molecule has 0 saturated carbocycles. The van der Waals surface area contributed by atoms with Crippen LogP contribution in [0.15, 0.2) is 17.2 Å². The topological polar surface area (TPSA) is 38.7 Å². The molecule has 0 aliphatic carbocycles. The average molecular weight is 272 g/mol. The average Bonchev–Trinajstić information content (AvgIpc) is 2.59. The van der Waals surface area contributed by atoms with Crippen molar-refractivity contribution in [2.45, 2.75) is 24.6 Å². The molecule has 0 unspecified atom stereocenters. The number of nitrogens with zero attached hydrogens (tertiary/aromatic N) is 3. The quantitative estimate of drug-likeness (QED) is 0.801. The minimum Gasteiger partial charge on any atom is -0.247 e. The number of thioether (sulfide) groups is 1. The summed E-state index contributed by atoms with van der Waals surface area (Å²) in [7, 11) is 0. The molecule has 0 atom stereocenters. The zero-order valence-corrected chi connectivity index (χ0v) is 11.3. The molecule has 6 heteroatoms. The van der Waals surface area contributed by atoms with Crippen molar-refractivity contribution in [1.82, 2.24) is 14.6 Å². The first-order valence-corrected chi connectivity index (χ1v) is 6.83. The van der Waals surface area contributed by atoms with Crippen molar-refractivity contribution >= 4 is 34.9 Å². The van der Waals surface area contributed by atoms with Gasteiger partial charge in [0.05, 0.1) is 5.03 Å². The number of aromatic nitrogens is 3. The highest BCUT2D eigenvalue weighted by Gasteiger charge is 2.06. The lowest BCUT2D eigenvalue weighted by molar-refractivity contribution is 1.04. The standard InChI is InChI=1S/C10H10ClN3S2/c1-6-3-7(2)12-9(4-6)15-5-8-10(11)16-14-13-8/h3-4H,5H2,1-2H3. The number of rotatable bonds is 3. The van der Waals surface area contributed by atoms with Crippen LogP contribution in [0, 0.1) is 13.8 Å². The third kappa shape index (κ3) is 2.93. The maximum atomic E-state index is 5.93. The fraction of sp³-hybridized carbons (Fsp3) is 0.300. The van der Waals surface area contributed by atoms with E-state index >= 15 is 0 Å². The van der Waals surface area contributed by atoms with Gasteiger partial charge in [0.25, 0.3) is 0 Å². The van der Waals surface area contributed by atoms with Crippen LogP contribution in [0.5, 0.6) is 0 Å². The Morgan fingerprint density at radius 2 is 2.19 bits per heavy atom. The molecule has 84 valence electrons. The molecule has 2 heterocycles. The van der Waals surface area contributed by atoms with Gasteiger partial charge in [-0.1, -0.05) is 27.9 Å². The molecular formula is C10H10ClN3S2. The Morgan fingerprint density at radius 3 is 2.81 bits per heavy atom. The maximum absolute atomic E-state index is 5.93. The van der Waals surface area contributed by atoms with Crippen molar-refractivity contribution in [2.24, 2.45) is 0 Å². The fourth-order valence-corrected chi connectivity index (χ4v) is 3.07. The summed E-state index contributed by atoms with van der Waals surface area (Å²) in [6.45, 7) is 4.06. The summed E-state index contributed by atoms with van der Waals surface area (Å²) in [5, 5.41) is 4.97. The first kappa shape index (κ1) is 11.8. The van der Waals surface area contributed by atoms with Crippen molar-refractivity contribution < 1.29 is 0 Å². The minimum absolute atomic E-state index is 0.664. The van der Waals surface area contributed by atoms with E-state index in [1.54, 1.807) is 11.8 Å². The molecule has 2 aromatic rings. The van der Waals surface area contributed by atoms with E-state index in [4.69, 9.17) is 11.6 Å². The second-order valence-corrected chi connectivity index (χ2v) is 5.76. The van der Waals surface area contributed by atoms with Crippen LogP contribution in [0.4, 0.5) is 0 Å². The van der Waals surface area contributed by atoms with Crippen LogP contribution >= 0.6 is 34.9 Å². The zero-order valence-electron chi connectivity index (χ0n) is 8.90. The number of aryl methyl sites for hydroxylation is 2. The molecule has 3 nitrogen and oxygen atoms in total. The Bertz CT molecular complexity index is 478. The monoisotopic (exact) mass is 271 g/mol. The van der Waals surface area contributed by atoms with Crippen LogP contribution in [-0.2, 0) is 5.75 Å². The molecule has 2 rings (SSSR count). The van der Waals surface area contributed by atoms with E-state index in [2.05, 4.69) is 33.6 Å². The molecule has 0 aromatic carbocycles. The van der Waals surface area contributed by atoms with Crippen molar-refractivity contribution in [3.8, 4) is 0 Å². The van der Waals surface area contributed by atoms with Gasteiger partial charge in [-0.15, -0.1) is 5.10 Å². The van der Waals surface area contributed by atoms with Crippen LogP contribution in [0.25, 0.3) is 0 Å². The number of pyridine rings is 1. The highest BCUT2D eigenvalue weighted by Crippen LogP contribution is 2.26. The van der Waals surface area contributed by atoms with E-state index in [0.29, 0.717) is 10.1 Å².